The predicted molar refractivity (Wildman–Crippen MR) is 165 cm³/mol. The third-order valence-electron chi connectivity index (χ3n) is 7.80. The van der Waals surface area contributed by atoms with Crippen LogP contribution in [0.25, 0.3) is 11.1 Å². The number of methoxy groups -OCH3 is 1. The fourth-order valence-electron chi connectivity index (χ4n) is 5.53. The number of para-hydroxylation sites is 1. The third-order valence-corrected chi connectivity index (χ3v) is 7.80. The normalized spacial score (nSPS) is 16.3. The van der Waals surface area contributed by atoms with E-state index in [1.54, 1.807) is 13.2 Å². The number of rotatable bonds is 10. The molecule has 2 saturated heterocycles. The van der Waals surface area contributed by atoms with Crippen LogP contribution in [0.3, 0.4) is 0 Å². The van der Waals surface area contributed by atoms with Gasteiger partial charge in [-0.1, -0.05) is 54.6 Å². The molecule has 226 valence electrons. The van der Waals surface area contributed by atoms with E-state index in [9.17, 15) is 14.4 Å². The SMILES string of the molecule is COc1cc(CN2CCNC(=O)C2)ccc1C(=O)NCCN1CCC(OC(=O)Nc2ccccc2-c2ccccc2)CC1. The van der Waals surface area contributed by atoms with Crippen molar-refractivity contribution >= 4 is 23.6 Å². The van der Waals surface area contributed by atoms with Gasteiger partial charge < -0.3 is 25.0 Å². The molecule has 0 aliphatic carbocycles. The number of anilines is 1. The van der Waals surface area contributed by atoms with Gasteiger partial charge in [0, 0.05) is 51.4 Å². The van der Waals surface area contributed by atoms with Crippen molar-refractivity contribution in [3.8, 4) is 16.9 Å². The Kier molecular flexibility index (Phi) is 10.2. The minimum atomic E-state index is -0.449. The molecular weight excluding hydrogens is 546 g/mol. The van der Waals surface area contributed by atoms with E-state index in [1.807, 2.05) is 66.7 Å². The summed E-state index contributed by atoms with van der Waals surface area (Å²) < 4.78 is 11.2. The molecule has 5 rings (SSSR count). The average Bonchev–Trinajstić information content (AvgIpc) is 3.02. The zero-order valence-electron chi connectivity index (χ0n) is 24.5. The number of piperazine rings is 1. The van der Waals surface area contributed by atoms with Gasteiger partial charge in [-0.15, -0.1) is 0 Å². The molecule has 2 aliphatic heterocycles. The molecule has 10 heteroatoms. The largest absolute Gasteiger partial charge is 0.496 e. The maximum absolute atomic E-state index is 12.9. The van der Waals surface area contributed by atoms with Crippen LogP contribution in [0, 0.1) is 0 Å². The zero-order valence-corrected chi connectivity index (χ0v) is 24.5. The van der Waals surface area contributed by atoms with Crippen LogP contribution in [0.2, 0.25) is 0 Å². The molecule has 3 aromatic carbocycles. The van der Waals surface area contributed by atoms with Gasteiger partial charge in [-0.05, 0) is 42.2 Å². The second kappa shape index (κ2) is 14.7. The van der Waals surface area contributed by atoms with Gasteiger partial charge in [-0.25, -0.2) is 4.79 Å². The van der Waals surface area contributed by atoms with Gasteiger partial charge in [0.15, 0.2) is 0 Å². The summed E-state index contributed by atoms with van der Waals surface area (Å²) in [5.74, 6) is 0.350. The topological polar surface area (TPSA) is 112 Å². The molecule has 3 N–H and O–H groups in total. The van der Waals surface area contributed by atoms with Crippen molar-refractivity contribution in [2.24, 2.45) is 0 Å². The summed E-state index contributed by atoms with van der Waals surface area (Å²) in [6.07, 6.45) is 0.859. The Morgan fingerprint density at radius 3 is 2.49 bits per heavy atom. The van der Waals surface area contributed by atoms with Crippen molar-refractivity contribution in [2.45, 2.75) is 25.5 Å². The summed E-state index contributed by atoms with van der Waals surface area (Å²) in [6.45, 7) is 5.17. The Bertz CT molecular complexity index is 1410. The molecule has 3 aromatic rings. The van der Waals surface area contributed by atoms with E-state index in [2.05, 4.69) is 25.8 Å². The van der Waals surface area contributed by atoms with E-state index in [0.717, 1.165) is 49.2 Å². The molecule has 10 nitrogen and oxygen atoms in total. The number of hydrogen-bond acceptors (Lipinski definition) is 7. The van der Waals surface area contributed by atoms with Gasteiger partial charge in [0.05, 0.1) is 24.9 Å². The van der Waals surface area contributed by atoms with Crippen molar-refractivity contribution in [2.75, 3.05) is 58.2 Å². The number of likely N-dealkylation sites (tertiary alicyclic amines) is 1. The van der Waals surface area contributed by atoms with Crippen molar-refractivity contribution in [3.05, 3.63) is 83.9 Å². The zero-order chi connectivity index (χ0) is 30.0. The highest BCUT2D eigenvalue weighted by Crippen LogP contribution is 2.28. The van der Waals surface area contributed by atoms with Crippen molar-refractivity contribution < 1.29 is 23.9 Å². The molecule has 0 atom stereocenters. The van der Waals surface area contributed by atoms with Gasteiger partial charge in [-0.2, -0.15) is 0 Å². The molecule has 0 bridgehead atoms. The minimum Gasteiger partial charge on any atom is -0.496 e. The molecule has 2 aliphatic rings. The highest BCUT2D eigenvalue weighted by Gasteiger charge is 2.23. The number of nitrogens with one attached hydrogen (secondary N) is 3. The van der Waals surface area contributed by atoms with Crippen LogP contribution >= 0.6 is 0 Å². The molecule has 0 radical (unpaired) electrons. The number of amides is 3. The smallest absolute Gasteiger partial charge is 0.411 e. The number of hydrogen-bond donors (Lipinski definition) is 3. The Morgan fingerprint density at radius 2 is 1.72 bits per heavy atom. The number of carbonyl (C=O) groups is 3. The first-order valence-electron chi connectivity index (χ1n) is 14.8. The van der Waals surface area contributed by atoms with Gasteiger partial charge in [0.25, 0.3) is 5.91 Å². The summed E-state index contributed by atoms with van der Waals surface area (Å²) in [5, 5.41) is 8.74. The van der Waals surface area contributed by atoms with E-state index in [1.165, 1.54) is 0 Å². The summed E-state index contributed by atoms with van der Waals surface area (Å²) in [4.78, 5) is 41.6. The summed E-state index contributed by atoms with van der Waals surface area (Å²) in [5.41, 5.74) is 4.16. The van der Waals surface area contributed by atoms with Crippen LogP contribution in [0.15, 0.2) is 72.8 Å². The Labute approximate surface area is 252 Å². The molecule has 3 amide bonds. The molecule has 2 fully saturated rings. The lowest BCUT2D eigenvalue weighted by molar-refractivity contribution is -0.124. The van der Waals surface area contributed by atoms with Crippen molar-refractivity contribution in [1.82, 2.24) is 20.4 Å². The molecule has 0 aromatic heterocycles. The molecule has 0 saturated carbocycles. The van der Waals surface area contributed by atoms with Crippen LogP contribution in [0.4, 0.5) is 10.5 Å². The average molecular weight is 586 g/mol. The first kappa shape index (κ1) is 30.1. The van der Waals surface area contributed by atoms with E-state index >= 15 is 0 Å². The second-order valence-corrected chi connectivity index (χ2v) is 10.8. The van der Waals surface area contributed by atoms with Crippen molar-refractivity contribution in [1.29, 1.82) is 0 Å². The maximum Gasteiger partial charge on any atom is 0.411 e. The van der Waals surface area contributed by atoms with Crippen molar-refractivity contribution in [3.63, 3.8) is 0 Å². The molecule has 0 unspecified atom stereocenters. The first-order valence-corrected chi connectivity index (χ1v) is 14.8. The lowest BCUT2D eigenvalue weighted by atomic mass is 10.0. The van der Waals surface area contributed by atoms with Crippen LogP contribution in [0.1, 0.15) is 28.8 Å². The van der Waals surface area contributed by atoms with Crippen LogP contribution < -0.4 is 20.7 Å². The van der Waals surface area contributed by atoms with Gasteiger partial charge in [0.2, 0.25) is 5.91 Å². The molecule has 0 spiro atoms. The Hall–Kier alpha value is -4.41. The first-order chi connectivity index (χ1) is 21.0. The second-order valence-electron chi connectivity index (χ2n) is 10.8. The fraction of sp³-hybridized carbons (Fsp3) is 0.364. The van der Waals surface area contributed by atoms with Crippen LogP contribution in [0.5, 0.6) is 5.75 Å². The minimum absolute atomic E-state index is 0.0251. The lowest BCUT2D eigenvalue weighted by Crippen LogP contribution is -2.47. The number of carbonyl (C=O) groups excluding carboxylic acids is 3. The maximum atomic E-state index is 12.9. The standard InChI is InChI=1S/C33H39N5O5/c1-42-30-21-24(22-38-20-15-34-31(39)23-38)11-12-28(30)32(40)35-16-19-37-17-13-26(14-18-37)43-33(41)36-29-10-6-5-9-27(29)25-7-3-2-4-8-25/h2-12,21,26H,13-20,22-23H2,1H3,(H,34,39)(H,35,40)(H,36,41). The van der Waals surface area contributed by atoms with Gasteiger partial charge in [-0.3, -0.25) is 19.8 Å². The van der Waals surface area contributed by atoms with Crippen LogP contribution in [-0.4, -0.2) is 86.7 Å². The number of ether oxygens (including phenoxy) is 2. The molecular formula is C33H39N5O5. The van der Waals surface area contributed by atoms with Gasteiger partial charge >= 0.3 is 6.09 Å². The van der Waals surface area contributed by atoms with Gasteiger partial charge in [0.1, 0.15) is 11.9 Å². The summed E-state index contributed by atoms with van der Waals surface area (Å²) in [6, 6.07) is 23.2. The van der Waals surface area contributed by atoms with Crippen LogP contribution in [-0.2, 0) is 16.1 Å². The Balaban J connectivity index is 1.04. The predicted octanol–water partition coefficient (Wildman–Crippen LogP) is 3.74. The summed E-state index contributed by atoms with van der Waals surface area (Å²) >= 11 is 0. The molecule has 2 heterocycles. The highest BCUT2D eigenvalue weighted by molar-refractivity contribution is 5.97. The fourth-order valence-corrected chi connectivity index (χ4v) is 5.53. The van der Waals surface area contributed by atoms with E-state index < -0.39 is 6.09 Å². The lowest BCUT2D eigenvalue weighted by Gasteiger charge is -2.31. The van der Waals surface area contributed by atoms with E-state index in [4.69, 9.17) is 9.47 Å². The Morgan fingerprint density at radius 1 is 0.953 bits per heavy atom. The number of benzene rings is 3. The third kappa shape index (κ3) is 8.33. The quantitative estimate of drug-likeness (QED) is 0.332. The highest BCUT2D eigenvalue weighted by atomic mass is 16.6. The van der Waals surface area contributed by atoms with E-state index in [-0.39, 0.29) is 17.9 Å². The molecule has 43 heavy (non-hydrogen) atoms. The van der Waals surface area contributed by atoms with E-state index in [0.29, 0.717) is 49.7 Å². The number of piperidine rings is 1. The summed E-state index contributed by atoms with van der Waals surface area (Å²) in [7, 11) is 1.55. The number of nitrogens with zero attached hydrogens (tertiary/aromatic N) is 2. The monoisotopic (exact) mass is 585 g/mol.